The number of aromatic nitrogens is 3. The highest BCUT2D eigenvalue weighted by molar-refractivity contribution is 6.50. The van der Waals surface area contributed by atoms with E-state index >= 15 is 0 Å². The predicted octanol–water partition coefficient (Wildman–Crippen LogP) is 5.15. The van der Waals surface area contributed by atoms with Gasteiger partial charge in [0.2, 0.25) is 0 Å². The first-order chi connectivity index (χ1) is 14.1. The number of phenolic OH excluding ortho intramolecular Hbond substituents is 1. The summed E-state index contributed by atoms with van der Waals surface area (Å²) >= 11 is 6.35. The van der Waals surface area contributed by atoms with Crippen LogP contribution in [0.4, 0.5) is 0 Å². The molecule has 8 heteroatoms. The molecule has 2 aromatic heterocycles. The van der Waals surface area contributed by atoms with Crippen LogP contribution >= 0.6 is 11.6 Å². The van der Waals surface area contributed by atoms with Crippen LogP contribution in [0.25, 0.3) is 33.8 Å². The van der Waals surface area contributed by atoms with Crippen molar-refractivity contribution >= 4 is 22.7 Å². The molecule has 0 aliphatic rings. The molecule has 2 heterocycles. The number of nitrogens with zero attached hydrogens (tertiary/aromatic N) is 3. The van der Waals surface area contributed by atoms with E-state index in [1.165, 1.54) is 13.2 Å². The van der Waals surface area contributed by atoms with Crippen LogP contribution in [0.5, 0.6) is 11.5 Å². The third-order valence-corrected chi connectivity index (χ3v) is 4.52. The van der Waals surface area contributed by atoms with Gasteiger partial charge in [0.05, 0.1) is 7.11 Å². The summed E-state index contributed by atoms with van der Waals surface area (Å²) in [6.45, 7) is 1.77. The molecule has 4 aromatic rings. The fraction of sp³-hybridized carbons (Fsp3) is 0.0952. The Morgan fingerprint density at radius 2 is 1.93 bits per heavy atom. The van der Waals surface area contributed by atoms with E-state index in [2.05, 4.69) is 15.4 Å². The summed E-state index contributed by atoms with van der Waals surface area (Å²) < 4.78 is 16.1. The van der Waals surface area contributed by atoms with Crippen LogP contribution in [-0.4, -0.2) is 27.6 Å². The lowest BCUT2D eigenvalue weighted by molar-refractivity contribution is 0.373. The second-order valence-electron chi connectivity index (χ2n) is 6.16. The molecule has 7 nitrogen and oxygen atoms in total. The van der Waals surface area contributed by atoms with Gasteiger partial charge in [-0.15, -0.1) is 10.2 Å². The van der Waals surface area contributed by atoms with E-state index in [9.17, 15) is 5.11 Å². The Morgan fingerprint density at radius 3 is 2.66 bits per heavy atom. The lowest BCUT2D eigenvalue weighted by Crippen LogP contribution is -1.84. The molecule has 146 valence electrons. The van der Waals surface area contributed by atoms with Crippen molar-refractivity contribution < 1.29 is 18.8 Å². The summed E-state index contributed by atoms with van der Waals surface area (Å²) in [6, 6.07) is 14.5. The largest absolute Gasteiger partial charge is 0.504 e. The summed E-state index contributed by atoms with van der Waals surface area (Å²) in [4.78, 5) is 0. The van der Waals surface area contributed by atoms with Crippen molar-refractivity contribution in [3.8, 4) is 34.2 Å². The van der Waals surface area contributed by atoms with Crippen LogP contribution in [-0.2, 0) is 0 Å². The number of aromatic hydroxyl groups is 1. The van der Waals surface area contributed by atoms with Gasteiger partial charge in [-0.25, -0.2) is 0 Å². The normalized spacial score (nSPS) is 11.6. The molecule has 0 aliphatic carbocycles. The SMILES string of the molecule is COc1ccc(/C=C(\Cl)c2nnc(-c3c(-c4ccccc4)noc3C)o2)cc1O. The summed E-state index contributed by atoms with van der Waals surface area (Å²) in [6.07, 6.45) is 1.61. The van der Waals surface area contributed by atoms with Crippen molar-refractivity contribution in [1.82, 2.24) is 15.4 Å². The number of hydrogen-bond donors (Lipinski definition) is 1. The third-order valence-electron chi connectivity index (χ3n) is 4.25. The van der Waals surface area contributed by atoms with Crippen molar-refractivity contribution in [2.24, 2.45) is 0 Å². The Morgan fingerprint density at radius 1 is 1.14 bits per heavy atom. The zero-order chi connectivity index (χ0) is 20.4. The van der Waals surface area contributed by atoms with Gasteiger partial charge in [0.25, 0.3) is 11.8 Å². The van der Waals surface area contributed by atoms with Gasteiger partial charge in [0, 0.05) is 5.56 Å². The Bertz CT molecular complexity index is 1180. The maximum Gasteiger partial charge on any atom is 0.259 e. The van der Waals surface area contributed by atoms with Gasteiger partial charge in [-0.05, 0) is 30.7 Å². The Balaban J connectivity index is 1.67. The molecule has 0 unspecified atom stereocenters. The first-order valence-corrected chi connectivity index (χ1v) is 9.04. The van der Waals surface area contributed by atoms with Crippen molar-refractivity contribution in [3.05, 3.63) is 65.7 Å². The highest BCUT2D eigenvalue weighted by atomic mass is 35.5. The standard InChI is InChI=1S/C21H16ClN3O4/c1-12-18(19(25-29-12)14-6-4-3-5-7-14)21-24-23-20(28-21)15(22)10-13-8-9-17(27-2)16(26)11-13/h3-11,26H,1-2H3/b15-10-. The second kappa shape index (κ2) is 7.81. The van der Waals surface area contributed by atoms with Crippen LogP contribution in [0.1, 0.15) is 17.2 Å². The molecule has 1 N–H and O–H groups in total. The van der Waals surface area contributed by atoms with Gasteiger partial charge < -0.3 is 18.8 Å². The van der Waals surface area contributed by atoms with Gasteiger partial charge in [-0.2, -0.15) is 0 Å². The molecular weight excluding hydrogens is 394 g/mol. The lowest BCUT2D eigenvalue weighted by atomic mass is 10.1. The van der Waals surface area contributed by atoms with E-state index in [0.29, 0.717) is 28.3 Å². The highest BCUT2D eigenvalue weighted by Crippen LogP contribution is 2.35. The Hall–Kier alpha value is -3.58. The first-order valence-electron chi connectivity index (χ1n) is 8.67. The topological polar surface area (TPSA) is 94.4 Å². The van der Waals surface area contributed by atoms with Gasteiger partial charge >= 0.3 is 0 Å². The maximum absolute atomic E-state index is 9.91. The average molecular weight is 410 g/mol. The zero-order valence-electron chi connectivity index (χ0n) is 15.6. The molecular formula is C21H16ClN3O4. The molecule has 0 amide bonds. The Labute approximate surface area is 171 Å². The van der Waals surface area contributed by atoms with E-state index in [4.69, 9.17) is 25.3 Å². The van der Waals surface area contributed by atoms with E-state index in [0.717, 1.165) is 5.56 Å². The van der Waals surface area contributed by atoms with Gasteiger partial charge in [0.15, 0.2) is 11.5 Å². The molecule has 0 saturated heterocycles. The third kappa shape index (κ3) is 3.72. The van der Waals surface area contributed by atoms with Gasteiger partial charge in [-0.1, -0.05) is 53.2 Å². The maximum atomic E-state index is 9.91. The smallest absolute Gasteiger partial charge is 0.259 e. The van der Waals surface area contributed by atoms with Crippen LogP contribution in [0.3, 0.4) is 0 Å². The Kier molecular flexibility index (Phi) is 5.05. The van der Waals surface area contributed by atoms with Crippen LogP contribution in [0, 0.1) is 6.92 Å². The molecule has 29 heavy (non-hydrogen) atoms. The minimum absolute atomic E-state index is 0.00420. The second-order valence-corrected chi connectivity index (χ2v) is 6.57. The van der Waals surface area contributed by atoms with Crippen molar-refractivity contribution in [1.29, 1.82) is 0 Å². The van der Waals surface area contributed by atoms with E-state index in [1.54, 1.807) is 25.1 Å². The molecule has 4 rings (SSSR count). The minimum Gasteiger partial charge on any atom is -0.504 e. The molecule has 0 spiro atoms. The number of phenols is 1. The summed E-state index contributed by atoms with van der Waals surface area (Å²) in [5.74, 6) is 1.32. The van der Waals surface area contributed by atoms with Crippen molar-refractivity contribution in [2.45, 2.75) is 6.92 Å². The molecule has 0 atom stereocenters. The summed E-state index contributed by atoms with van der Waals surface area (Å²) in [5.41, 5.74) is 2.74. The number of benzene rings is 2. The summed E-state index contributed by atoms with van der Waals surface area (Å²) in [5, 5.41) is 22.4. The van der Waals surface area contributed by atoms with Gasteiger partial charge in [-0.3, -0.25) is 0 Å². The molecule has 0 aliphatic heterocycles. The zero-order valence-corrected chi connectivity index (χ0v) is 16.3. The number of rotatable bonds is 5. The molecule has 0 saturated carbocycles. The fourth-order valence-electron chi connectivity index (χ4n) is 2.84. The van der Waals surface area contributed by atoms with Crippen LogP contribution in [0.15, 0.2) is 57.5 Å². The summed E-state index contributed by atoms with van der Waals surface area (Å²) in [7, 11) is 1.48. The van der Waals surface area contributed by atoms with Crippen LogP contribution < -0.4 is 4.74 Å². The van der Waals surface area contributed by atoms with E-state index in [-0.39, 0.29) is 22.6 Å². The fourth-order valence-corrected chi connectivity index (χ4v) is 3.05. The monoisotopic (exact) mass is 409 g/mol. The number of hydrogen-bond acceptors (Lipinski definition) is 7. The van der Waals surface area contributed by atoms with E-state index < -0.39 is 0 Å². The van der Waals surface area contributed by atoms with Crippen molar-refractivity contribution in [3.63, 3.8) is 0 Å². The van der Waals surface area contributed by atoms with E-state index in [1.807, 2.05) is 30.3 Å². The van der Waals surface area contributed by atoms with Crippen molar-refractivity contribution in [2.75, 3.05) is 7.11 Å². The molecule has 2 aromatic carbocycles. The number of methoxy groups -OCH3 is 1. The molecule has 0 fully saturated rings. The highest BCUT2D eigenvalue weighted by Gasteiger charge is 2.22. The minimum atomic E-state index is 0.00420. The number of halogens is 1. The quantitative estimate of drug-likeness (QED) is 0.487. The first kappa shape index (κ1) is 18.8. The average Bonchev–Trinajstić information content (AvgIpc) is 3.35. The number of aryl methyl sites for hydroxylation is 1. The number of ether oxygens (including phenoxy) is 1. The molecule has 0 bridgehead atoms. The predicted molar refractivity (Wildman–Crippen MR) is 108 cm³/mol. The lowest BCUT2D eigenvalue weighted by Gasteiger charge is -2.03. The van der Waals surface area contributed by atoms with Crippen LogP contribution in [0.2, 0.25) is 0 Å². The van der Waals surface area contributed by atoms with Gasteiger partial charge in [0.1, 0.15) is 22.0 Å². The molecule has 0 radical (unpaired) electrons.